The van der Waals surface area contributed by atoms with Crippen molar-refractivity contribution in [3.8, 4) is 0 Å². The van der Waals surface area contributed by atoms with Gasteiger partial charge in [0.15, 0.2) is 0 Å². The average Bonchev–Trinajstić information content (AvgIpc) is 3.44. The predicted molar refractivity (Wildman–Crippen MR) is 121 cm³/mol. The van der Waals surface area contributed by atoms with Gasteiger partial charge in [-0.3, -0.25) is 14.2 Å². The van der Waals surface area contributed by atoms with Crippen LogP contribution in [0.2, 0.25) is 0 Å². The first kappa shape index (κ1) is 19.7. The Labute approximate surface area is 181 Å². The number of nitrogens with one attached hydrogen (secondary N) is 1. The lowest BCUT2D eigenvalue weighted by Crippen LogP contribution is -2.29. The summed E-state index contributed by atoms with van der Waals surface area (Å²) >= 11 is 1.30. The first-order valence-electron chi connectivity index (χ1n) is 10.4. The van der Waals surface area contributed by atoms with E-state index in [2.05, 4.69) is 10.4 Å². The number of aromatic nitrogens is 4. The summed E-state index contributed by atoms with van der Waals surface area (Å²) in [6.07, 6.45) is 3.24. The number of nitrogens with zero attached hydrogens (tertiary/aromatic N) is 4. The number of carbonyl (C=O) groups excluding carboxylic acids is 1. The van der Waals surface area contributed by atoms with E-state index in [-0.39, 0.29) is 29.7 Å². The topological polar surface area (TPSA) is 90.4 Å². The number of carbonyl (C=O) groups is 1. The van der Waals surface area contributed by atoms with Crippen molar-refractivity contribution in [1.82, 2.24) is 18.7 Å². The van der Waals surface area contributed by atoms with Gasteiger partial charge in [0.1, 0.15) is 11.2 Å². The third-order valence-electron chi connectivity index (χ3n) is 5.61. The SMILES string of the molecule is CC(C)Cn1c(=O)c2sccc2n2c(=O)n(CC(=O)Nc3ccc4c(c3)CCC4)nc12. The van der Waals surface area contributed by atoms with Gasteiger partial charge in [0.25, 0.3) is 5.56 Å². The second kappa shape index (κ2) is 7.49. The highest BCUT2D eigenvalue weighted by Gasteiger charge is 2.20. The molecule has 1 aromatic carbocycles. The minimum atomic E-state index is -0.431. The molecule has 3 aromatic heterocycles. The van der Waals surface area contributed by atoms with Crippen molar-refractivity contribution >= 4 is 38.9 Å². The largest absolute Gasteiger partial charge is 0.352 e. The molecule has 1 amide bonds. The predicted octanol–water partition coefficient (Wildman–Crippen LogP) is 2.66. The van der Waals surface area contributed by atoms with E-state index < -0.39 is 5.69 Å². The molecule has 0 spiro atoms. The summed E-state index contributed by atoms with van der Waals surface area (Å²) in [7, 11) is 0. The van der Waals surface area contributed by atoms with E-state index in [1.54, 1.807) is 11.4 Å². The van der Waals surface area contributed by atoms with E-state index in [4.69, 9.17) is 0 Å². The Bertz CT molecular complexity index is 1440. The first-order chi connectivity index (χ1) is 14.9. The Morgan fingerprint density at radius 3 is 2.81 bits per heavy atom. The standard InChI is InChI=1S/C22H23N5O3S/c1-13(2)11-25-20(29)19-17(8-9-31-19)27-21(25)24-26(22(27)30)12-18(28)23-16-7-6-14-4-3-5-15(14)10-16/h6-10,13H,3-5,11-12H2,1-2H3,(H,23,28). The van der Waals surface area contributed by atoms with Crippen molar-refractivity contribution in [2.45, 2.75) is 46.2 Å². The van der Waals surface area contributed by atoms with E-state index in [9.17, 15) is 14.4 Å². The Balaban J connectivity index is 1.51. The van der Waals surface area contributed by atoms with Gasteiger partial charge in [0.05, 0.1) is 5.52 Å². The van der Waals surface area contributed by atoms with Crippen LogP contribution in [0.3, 0.4) is 0 Å². The molecule has 5 rings (SSSR count). The number of thiophene rings is 1. The second-order valence-electron chi connectivity index (χ2n) is 8.41. The van der Waals surface area contributed by atoms with Gasteiger partial charge in [-0.15, -0.1) is 16.4 Å². The molecule has 0 saturated heterocycles. The van der Waals surface area contributed by atoms with Gasteiger partial charge in [0.2, 0.25) is 11.7 Å². The zero-order chi connectivity index (χ0) is 21.7. The summed E-state index contributed by atoms with van der Waals surface area (Å²) in [6.45, 7) is 4.22. The minimum absolute atomic E-state index is 0.161. The number of benzene rings is 1. The number of amides is 1. The smallest absolute Gasteiger partial charge is 0.324 e. The molecule has 160 valence electrons. The Kier molecular flexibility index (Phi) is 4.77. The average molecular weight is 438 g/mol. The van der Waals surface area contributed by atoms with Crippen molar-refractivity contribution in [3.63, 3.8) is 0 Å². The Morgan fingerprint density at radius 1 is 1.19 bits per heavy atom. The molecule has 0 bridgehead atoms. The fraction of sp³-hybridized carbons (Fsp3) is 0.364. The molecule has 9 heteroatoms. The van der Waals surface area contributed by atoms with Gasteiger partial charge in [-0.05, 0) is 59.9 Å². The molecule has 1 aliphatic carbocycles. The van der Waals surface area contributed by atoms with E-state index in [0.717, 1.165) is 29.6 Å². The summed E-state index contributed by atoms with van der Waals surface area (Å²) < 4.78 is 4.60. The van der Waals surface area contributed by atoms with Crippen LogP contribution in [-0.4, -0.2) is 24.7 Å². The fourth-order valence-electron chi connectivity index (χ4n) is 4.25. The van der Waals surface area contributed by atoms with Gasteiger partial charge in [-0.1, -0.05) is 19.9 Å². The molecule has 31 heavy (non-hydrogen) atoms. The maximum absolute atomic E-state index is 13.1. The van der Waals surface area contributed by atoms with Gasteiger partial charge in [-0.25, -0.2) is 13.9 Å². The summed E-state index contributed by atoms with van der Waals surface area (Å²) in [6, 6.07) is 7.69. The van der Waals surface area contributed by atoms with Crippen LogP contribution in [0.1, 0.15) is 31.4 Å². The lowest BCUT2D eigenvalue weighted by molar-refractivity contribution is -0.117. The fourth-order valence-corrected chi connectivity index (χ4v) is 5.08. The molecule has 0 saturated carbocycles. The molecule has 0 fully saturated rings. The highest BCUT2D eigenvalue weighted by Crippen LogP contribution is 2.25. The number of fused-ring (bicyclic) bond motifs is 4. The number of anilines is 1. The monoisotopic (exact) mass is 437 g/mol. The first-order valence-corrected chi connectivity index (χ1v) is 11.3. The van der Waals surface area contributed by atoms with Crippen LogP contribution in [0, 0.1) is 5.92 Å². The van der Waals surface area contributed by atoms with Gasteiger partial charge < -0.3 is 5.32 Å². The molecule has 8 nitrogen and oxygen atoms in total. The van der Waals surface area contributed by atoms with Crippen LogP contribution in [0.5, 0.6) is 0 Å². The third kappa shape index (κ3) is 3.38. The summed E-state index contributed by atoms with van der Waals surface area (Å²) in [5, 5.41) is 9.02. The summed E-state index contributed by atoms with van der Waals surface area (Å²) in [5.74, 6) is 0.130. The molecular formula is C22H23N5O3S. The molecule has 0 atom stereocenters. The van der Waals surface area contributed by atoms with Gasteiger partial charge >= 0.3 is 5.69 Å². The second-order valence-corrected chi connectivity index (χ2v) is 9.32. The number of rotatable bonds is 5. The van der Waals surface area contributed by atoms with Crippen LogP contribution in [-0.2, 0) is 30.7 Å². The maximum atomic E-state index is 13.1. The lowest BCUT2D eigenvalue weighted by atomic mass is 10.1. The van der Waals surface area contributed by atoms with Crippen LogP contribution in [0.25, 0.3) is 16.0 Å². The zero-order valence-electron chi connectivity index (χ0n) is 17.4. The van der Waals surface area contributed by atoms with E-state index in [0.29, 0.717) is 16.8 Å². The molecule has 1 aliphatic rings. The van der Waals surface area contributed by atoms with Gasteiger partial charge in [-0.2, -0.15) is 0 Å². The molecule has 0 aliphatic heterocycles. The molecule has 3 heterocycles. The number of hydrogen-bond acceptors (Lipinski definition) is 5. The highest BCUT2D eigenvalue weighted by atomic mass is 32.1. The van der Waals surface area contributed by atoms with Crippen LogP contribution >= 0.6 is 11.3 Å². The summed E-state index contributed by atoms with van der Waals surface area (Å²) in [5.41, 5.74) is 3.25. The molecular weight excluding hydrogens is 414 g/mol. The van der Waals surface area contributed by atoms with E-state index in [1.165, 1.54) is 31.4 Å². The Hall–Kier alpha value is -3.20. The zero-order valence-corrected chi connectivity index (χ0v) is 18.2. The normalized spacial score (nSPS) is 13.4. The molecule has 0 unspecified atom stereocenters. The molecule has 4 aromatic rings. The van der Waals surface area contributed by atoms with Crippen molar-refractivity contribution < 1.29 is 4.79 Å². The van der Waals surface area contributed by atoms with Crippen molar-refractivity contribution in [2.75, 3.05) is 5.32 Å². The summed E-state index contributed by atoms with van der Waals surface area (Å²) in [4.78, 5) is 38.7. The lowest BCUT2D eigenvalue weighted by Gasteiger charge is -2.09. The van der Waals surface area contributed by atoms with E-state index in [1.807, 2.05) is 32.0 Å². The third-order valence-corrected chi connectivity index (χ3v) is 6.50. The van der Waals surface area contributed by atoms with E-state index >= 15 is 0 Å². The maximum Gasteiger partial charge on any atom is 0.352 e. The minimum Gasteiger partial charge on any atom is -0.324 e. The Morgan fingerprint density at radius 2 is 2.00 bits per heavy atom. The van der Waals surface area contributed by atoms with Crippen molar-refractivity contribution in [1.29, 1.82) is 0 Å². The molecule has 1 N–H and O–H groups in total. The highest BCUT2D eigenvalue weighted by molar-refractivity contribution is 7.17. The van der Waals surface area contributed by atoms with Crippen molar-refractivity contribution in [2.24, 2.45) is 5.92 Å². The van der Waals surface area contributed by atoms with Crippen LogP contribution in [0.4, 0.5) is 5.69 Å². The van der Waals surface area contributed by atoms with Crippen LogP contribution in [0.15, 0.2) is 39.2 Å². The quantitative estimate of drug-likeness (QED) is 0.520. The van der Waals surface area contributed by atoms with Crippen LogP contribution < -0.4 is 16.6 Å². The number of hydrogen-bond donors (Lipinski definition) is 1. The van der Waals surface area contributed by atoms with Gasteiger partial charge in [0, 0.05) is 12.2 Å². The van der Waals surface area contributed by atoms with Crippen molar-refractivity contribution in [3.05, 3.63) is 61.6 Å². The molecule has 0 radical (unpaired) electrons. The number of aryl methyl sites for hydroxylation is 2.